The summed E-state index contributed by atoms with van der Waals surface area (Å²) in [7, 11) is 2.06. The van der Waals surface area contributed by atoms with Crippen molar-refractivity contribution in [2.45, 2.75) is 11.4 Å². The van der Waals surface area contributed by atoms with Crippen LogP contribution in [-0.2, 0) is 6.54 Å². The van der Waals surface area contributed by atoms with Crippen molar-refractivity contribution < 1.29 is 0 Å². The molecule has 0 aliphatic carbocycles. The maximum absolute atomic E-state index is 6.05. The van der Waals surface area contributed by atoms with Gasteiger partial charge in [0.15, 0.2) is 0 Å². The number of hydrogen-bond acceptors (Lipinski definition) is 3. The predicted octanol–water partition coefficient (Wildman–Crippen LogP) is 4.39. The molecule has 0 aromatic heterocycles. The number of anilines is 2. The average Bonchev–Trinajstić information content (AvgIpc) is 2.39. The molecular weight excluding hydrogens is 320 g/mol. The van der Waals surface area contributed by atoms with Gasteiger partial charge in [0.25, 0.3) is 0 Å². The Morgan fingerprint density at radius 2 is 1.84 bits per heavy atom. The first-order valence-corrected chi connectivity index (χ1v) is 8.01. The van der Waals surface area contributed by atoms with E-state index in [1.54, 1.807) is 11.8 Å². The zero-order valence-electron chi connectivity index (χ0n) is 11.1. The molecule has 2 aromatic carbocycles. The van der Waals surface area contributed by atoms with E-state index >= 15 is 0 Å². The fourth-order valence-electron chi connectivity index (χ4n) is 1.96. The van der Waals surface area contributed by atoms with Gasteiger partial charge in [-0.1, -0.05) is 28.1 Å². The Morgan fingerprint density at radius 3 is 2.42 bits per heavy atom. The van der Waals surface area contributed by atoms with Crippen LogP contribution in [0, 0.1) is 0 Å². The van der Waals surface area contributed by atoms with E-state index in [4.69, 9.17) is 5.73 Å². The number of nitrogen functional groups attached to an aromatic ring is 1. The van der Waals surface area contributed by atoms with Gasteiger partial charge in [-0.25, -0.2) is 0 Å². The monoisotopic (exact) mass is 336 g/mol. The Kier molecular flexibility index (Phi) is 4.77. The summed E-state index contributed by atoms with van der Waals surface area (Å²) in [6.45, 7) is 0.848. The standard InChI is InChI=1S/C15H17BrN2S/c1-18(15-8-5-12(16)9-14(15)17)10-11-3-6-13(19-2)7-4-11/h3-9H,10,17H2,1-2H3. The lowest BCUT2D eigenvalue weighted by Crippen LogP contribution is -2.17. The van der Waals surface area contributed by atoms with Crippen LogP contribution in [0.25, 0.3) is 0 Å². The van der Waals surface area contributed by atoms with Gasteiger partial charge in [-0.05, 0) is 42.2 Å². The first kappa shape index (κ1) is 14.3. The second-order valence-corrected chi connectivity index (χ2v) is 6.20. The van der Waals surface area contributed by atoms with E-state index in [0.29, 0.717) is 0 Å². The Morgan fingerprint density at radius 1 is 1.16 bits per heavy atom. The Bertz CT molecular complexity index is 555. The lowest BCUT2D eigenvalue weighted by Gasteiger charge is -2.21. The van der Waals surface area contributed by atoms with Gasteiger partial charge in [0, 0.05) is 23.0 Å². The molecule has 0 aliphatic heterocycles. The second-order valence-electron chi connectivity index (χ2n) is 4.41. The molecule has 0 heterocycles. The highest BCUT2D eigenvalue weighted by Crippen LogP contribution is 2.27. The van der Waals surface area contributed by atoms with Gasteiger partial charge in [-0.3, -0.25) is 0 Å². The number of hydrogen-bond donors (Lipinski definition) is 1. The summed E-state index contributed by atoms with van der Waals surface area (Å²) in [5.74, 6) is 0. The zero-order chi connectivity index (χ0) is 13.8. The summed E-state index contributed by atoms with van der Waals surface area (Å²) in [6.07, 6.45) is 2.09. The summed E-state index contributed by atoms with van der Waals surface area (Å²) in [5, 5.41) is 0. The van der Waals surface area contributed by atoms with Gasteiger partial charge in [-0.2, -0.15) is 0 Å². The minimum Gasteiger partial charge on any atom is -0.397 e. The third-order valence-corrected chi connectivity index (χ3v) is 4.22. The molecule has 0 amide bonds. The van der Waals surface area contributed by atoms with Gasteiger partial charge in [0.2, 0.25) is 0 Å². The predicted molar refractivity (Wildman–Crippen MR) is 88.9 cm³/mol. The Balaban J connectivity index is 2.13. The second kappa shape index (κ2) is 6.35. The van der Waals surface area contributed by atoms with Gasteiger partial charge in [0.05, 0.1) is 11.4 Å². The highest BCUT2D eigenvalue weighted by Gasteiger charge is 2.06. The van der Waals surface area contributed by atoms with Crippen LogP contribution in [0.3, 0.4) is 0 Å². The molecule has 0 unspecified atom stereocenters. The van der Waals surface area contributed by atoms with Crippen molar-refractivity contribution in [3.63, 3.8) is 0 Å². The number of rotatable bonds is 4. The molecule has 2 aromatic rings. The van der Waals surface area contributed by atoms with E-state index in [0.717, 1.165) is 22.4 Å². The molecule has 0 radical (unpaired) electrons. The van der Waals surface area contributed by atoms with Crippen molar-refractivity contribution in [3.8, 4) is 0 Å². The molecule has 0 spiro atoms. The molecule has 0 bridgehead atoms. The first-order chi connectivity index (χ1) is 9.10. The number of nitrogens with two attached hydrogens (primary N) is 1. The van der Waals surface area contributed by atoms with Crippen molar-refractivity contribution in [1.82, 2.24) is 0 Å². The molecule has 2 N–H and O–H groups in total. The van der Waals surface area contributed by atoms with E-state index < -0.39 is 0 Å². The van der Waals surface area contributed by atoms with Gasteiger partial charge in [0.1, 0.15) is 0 Å². The van der Waals surface area contributed by atoms with Crippen LogP contribution in [0.5, 0.6) is 0 Å². The summed E-state index contributed by atoms with van der Waals surface area (Å²) >= 11 is 5.19. The van der Waals surface area contributed by atoms with Crippen molar-refractivity contribution in [3.05, 3.63) is 52.5 Å². The highest BCUT2D eigenvalue weighted by molar-refractivity contribution is 9.10. The van der Waals surface area contributed by atoms with Crippen LogP contribution in [0.4, 0.5) is 11.4 Å². The van der Waals surface area contributed by atoms with Crippen LogP contribution in [0.1, 0.15) is 5.56 Å². The quantitative estimate of drug-likeness (QED) is 0.663. The zero-order valence-corrected chi connectivity index (χ0v) is 13.5. The summed E-state index contributed by atoms with van der Waals surface area (Å²) < 4.78 is 1.01. The van der Waals surface area contributed by atoms with E-state index in [2.05, 4.69) is 58.4 Å². The number of benzene rings is 2. The van der Waals surface area contributed by atoms with E-state index in [1.165, 1.54) is 10.5 Å². The van der Waals surface area contributed by atoms with Crippen molar-refractivity contribution in [2.24, 2.45) is 0 Å². The molecule has 0 atom stereocenters. The maximum Gasteiger partial charge on any atom is 0.0601 e. The normalized spacial score (nSPS) is 10.5. The van der Waals surface area contributed by atoms with Crippen LogP contribution in [-0.4, -0.2) is 13.3 Å². The molecule has 19 heavy (non-hydrogen) atoms. The first-order valence-electron chi connectivity index (χ1n) is 5.99. The van der Waals surface area contributed by atoms with Crippen molar-refractivity contribution >= 4 is 39.1 Å². The van der Waals surface area contributed by atoms with Crippen LogP contribution >= 0.6 is 27.7 Å². The molecule has 4 heteroatoms. The molecule has 0 aliphatic rings. The lowest BCUT2D eigenvalue weighted by molar-refractivity contribution is 0.923. The largest absolute Gasteiger partial charge is 0.397 e. The average molecular weight is 337 g/mol. The molecule has 2 rings (SSSR count). The fraction of sp³-hybridized carbons (Fsp3) is 0.200. The molecule has 0 saturated carbocycles. The minimum atomic E-state index is 0.789. The third-order valence-electron chi connectivity index (χ3n) is 2.98. The highest BCUT2D eigenvalue weighted by atomic mass is 79.9. The van der Waals surface area contributed by atoms with Crippen LogP contribution in [0.2, 0.25) is 0 Å². The van der Waals surface area contributed by atoms with Gasteiger partial charge in [-0.15, -0.1) is 11.8 Å². The molecule has 0 saturated heterocycles. The Hall–Kier alpha value is -1.13. The molecule has 2 nitrogen and oxygen atoms in total. The van der Waals surface area contributed by atoms with E-state index in [-0.39, 0.29) is 0 Å². The number of thioether (sulfide) groups is 1. The SMILES string of the molecule is CSc1ccc(CN(C)c2ccc(Br)cc2N)cc1. The summed E-state index contributed by atoms with van der Waals surface area (Å²) in [4.78, 5) is 3.45. The Labute approximate surface area is 127 Å². The summed E-state index contributed by atoms with van der Waals surface area (Å²) in [6, 6.07) is 14.6. The maximum atomic E-state index is 6.05. The van der Waals surface area contributed by atoms with Crippen molar-refractivity contribution in [2.75, 3.05) is 23.9 Å². The van der Waals surface area contributed by atoms with Gasteiger partial charge < -0.3 is 10.6 Å². The third kappa shape index (κ3) is 3.67. The number of halogens is 1. The molecule has 0 fully saturated rings. The lowest BCUT2D eigenvalue weighted by atomic mass is 10.2. The molecule has 100 valence electrons. The number of nitrogens with zero attached hydrogens (tertiary/aromatic N) is 1. The molecular formula is C15H17BrN2S. The topological polar surface area (TPSA) is 29.3 Å². The van der Waals surface area contributed by atoms with E-state index in [1.807, 2.05) is 18.2 Å². The van der Waals surface area contributed by atoms with Crippen LogP contribution < -0.4 is 10.6 Å². The van der Waals surface area contributed by atoms with Crippen LogP contribution in [0.15, 0.2) is 51.8 Å². The van der Waals surface area contributed by atoms with Gasteiger partial charge >= 0.3 is 0 Å². The smallest absolute Gasteiger partial charge is 0.0601 e. The van der Waals surface area contributed by atoms with E-state index in [9.17, 15) is 0 Å². The fourth-order valence-corrected chi connectivity index (χ4v) is 2.75. The van der Waals surface area contributed by atoms with Crippen molar-refractivity contribution in [1.29, 1.82) is 0 Å². The minimum absolute atomic E-state index is 0.789. The summed E-state index contributed by atoms with van der Waals surface area (Å²) in [5.41, 5.74) is 9.17.